The van der Waals surface area contributed by atoms with Crippen LogP contribution in [0.1, 0.15) is 30.9 Å². The Balaban J connectivity index is 1.79. The van der Waals surface area contributed by atoms with Gasteiger partial charge in [0.2, 0.25) is 0 Å². The molecule has 1 saturated heterocycles. The molecule has 0 saturated carbocycles. The quantitative estimate of drug-likeness (QED) is 0.462. The first kappa shape index (κ1) is 18.1. The molecule has 0 aromatic heterocycles. The lowest BCUT2D eigenvalue weighted by Gasteiger charge is -2.24. The average molecular weight is 504 g/mol. The van der Waals surface area contributed by atoms with Crippen molar-refractivity contribution in [3.8, 4) is 5.75 Å². The molecule has 128 valence electrons. The molecule has 0 aliphatic carbocycles. The molecule has 0 bridgehead atoms. The summed E-state index contributed by atoms with van der Waals surface area (Å²) in [6.45, 7) is 3.33. The molecule has 1 heterocycles. The molecular formula is C19H20BrFINO. The summed E-state index contributed by atoms with van der Waals surface area (Å²) >= 11 is 5.78. The SMILES string of the molecule is Fc1ccc(C(CCN2CCCC2)Oc2cccc(I)c2)c(Br)c1. The van der Waals surface area contributed by atoms with Gasteiger partial charge in [-0.1, -0.05) is 28.1 Å². The molecule has 0 N–H and O–H groups in total. The Morgan fingerprint density at radius 3 is 2.67 bits per heavy atom. The van der Waals surface area contributed by atoms with Crippen LogP contribution >= 0.6 is 38.5 Å². The molecule has 1 aliphatic rings. The van der Waals surface area contributed by atoms with Crippen LogP contribution in [0.4, 0.5) is 4.39 Å². The van der Waals surface area contributed by atoms with Crippen molar-refractivity contribution in [2.45, 2.75) is 25.4 Å². The minimum Gasteiger partial charge on any atom is -0.486 e. The molecule has 0 spiro atoms. The third kappa shape index (κ3) is 4.92. The number of rotatable bonds is 6. The molecule has 0 amide bonds. The van der Waals surface area contributed by atoms with Crippen LogP contribution in [0.5, 0.6) is 5.75 Å². The van der Waals surface area contributed by atoms with E-state index in [0.29, 0.717) is 0 Å². The molecule has 5 heteroatoms. The predicted octanol–water partition coefficient (Wildman–Crippen LogP) is 5.80. The molecule has 1 aliphatic heterocycles. The summed E-state index contributed by atoms with van der Waals surface area (Å²) in [7, 11) is 0. The minimum atomic E-state index is -0.238. The maximum Gasteiger partial charge on any atom is 0.126 e. The van der Waals surface area contributed by atoms with Crippen LogP contribution < -0.4 is 4.74 Å². The first-order valence-corrected chi connectivity index (χ1v) is 10.1. The molecule has 1 unspecified atom stereocenters. The van der Waals surface area contributed by atoms with Crippen molar-refractivity contribution >= 4 is 38.5 Å². The van der Waals surface area contributed by atoms with Gasteiger partial charge >= 0.3 is 0 Å². The van der Waals surface area contributed by atoms with E-state index in [1.807, 2.05) is 30.3 Å². The van der Waals surface area contributed by atoms with E-state index in [-0.39, 0.29) is 11.9 Å². The second-order valence-corrected chi connectivity index (χ2v) is 8.17. The van der Waals surface area contributed by atoms with Gasteiger partial charge in [-0.3, -0.25) is 0 Å². The number of benzene rings is 2. The van der Waals surface area contributed by atoms with Crippen molar-refractivity contribution in [1.29, 1.82) is 0 Å². The first-order valence-electron chi connectivity index (χ1n) is 8.21. The van der Waals surface area contributed by atoms with Crippen molar-refractivity contribution in [2.24, 2.45) is 0 Å². The second kappa shape index (κ2) is 8.63. The molecule has 1 fully saturated rings. The molecule has 2 nitrogen and oxygen atoms in total. The predicted molar refractivity (Wildman–Crippen MR) is 107 cm³/mol. The lowest BCUT2D eigenvalue weighted by molar-refractivity contribution is 0.172. The van der Waals surface area contributed by atoms with Crippen LogP contribution in [-0.2, 0) is 0 Å². The fraction of sp³-hybridized carbons (Fsp3) is 0.368. The third-order valence-electron chi connectivity index (χ3n) is 4.29. The van der Waals surface area contributed by atoms with E-state index in [2.05, 4.69) is 43.4 Å². The van der Waals surface area contributed by atoms with Gasteiger partial charge in [-0.25, -0.2) is 4.39 Å². The highest BCUT2D eigenvalue weighted by atomic mass is 127. The Bertz CT molecular complexity index is 691. The van der Waals surface area contributed by atoms with Crippen LogP contribution in [0.15, 0.2) is 46.9 Å². The Kier molecular flexibility index (Phi) is 6.52. The fourth-order valence-electron chi connectivity index (χ4n) is 3.05. The molecule has 3 rings (SSSR count). The molecule has 2 aromatic carbocycles. The molecule has 2 aromatic rings. The van der Waals surface area contributed by atoms with Gasteiger partial charge in [0.1, 0.15) is 17.7 Å². The summed E-state index contributed by atoms with van der Waals surface area (Å²) < 4.78 is 21.6. The number of hydrogen-bond donors (Lipinski definition) is 0. The first-order chi connectivity index (χ1) is 11.6. The smallest absolute Gasteiger partial charge is 0.126 e. The van der Waals surface area contributed by atoms with Crippen molar-refractivity contribution < 1.29 is 9.13 Å². The zero-order valence-electron chi connectivity index (χ0n) is 13.4. The van der Waals surface area contributed by atoms with Crippen LogP contribution in [-0.4, -0.2) is 24.5 Å². The number of halogens is 3. The molecule has 24 heavy (non-hydrogen) atoms. The van der Waals surface area contributed by atoms with E-state index < -0.39 is 0 Å². The van der Waals surface area contributed by atoms with Crippen molar-refractivity contribution in [3.63, 3.8) is 0 Å². The summed E-state index contributed by atoms with van der Waals surface area (Å²) in [6, 6.07) is 12.9. The van der Waals surface area contributed by atoms with Crippen molar-refractivity contribution in [1.82, 2.24) is 4.90 Å². The largest absolute Gasteiger partial charge is 0.486 e. The summed E-state index contributed by atoms with van der Waals surface area (Å²) in [4.78, 5) is 2.47. The Hall–Kier alpha value is -0.660. The molecular weight excluding hydrogens is 484 g/mol. The monoisotopic (exact) mass is 503 g/mol. The summed E-state index contributed by atoms with van der Waals surface area (Å²) in [5, 5.41) is 0. The molecule has 1 atom stereocenters. The topological polar surface area (TPSA) is 12.5 Å². The minimum absolute atomic E-state index is 0.0984. The van der Waals surface area contributed by atoms with Crippen LogP contribution in [0.2, 0.25) is 0 Å². The highest BCUT2D eigenvalue weighted by molar-refractivity contribution is 14.1. The second-order valence-electron chi connectivity index (χ2n) is 6.07. The maximum atomic E-state index is 13.4. The van der Waals surface area contributed by atoms with Crippen LogP contribution in [0, 0.1) is 9.39 Å². The van der Waals surface area contributed by atoms with Crippen LogP contribution in [0.25, 0.3) is 0 Å². The Morgan fingerprint density at radius 1 is 1.17 bits per heavy atom. The van der Waals surface area contributed by atoms with Crippen molar-refractivity contribution in [2.75, 3.05) is 19.6 Å². The number of likely N-dealkylation sites (tertiary alicyclic amines) is 1. The number of ether oxygens (including phenoxy) is 1. The highest BCUT2D eigenvalue weighted by Crippen LogP contribution is 2.31. The van der Waals surface area contributed by atoms with Gasteiger partial charge in [-0.15, -0.1) is 0 Å². The lowest BCUT2D eigenvalue weighted by Crippen LogP contribution is -2.23. The zero-order chi connectivity index (χ0) is 16.9. The van der Waals surface area contributed by atoms with Gasteiger partial charge in [0.15, 0.2) is 0 Å². The van der Waals surface area contributed by atoms with Gasteiger partial charge in [-0.2, -0.15) is 0 Å². The van der Waals surface area contributed by atoms with Crippen LogP contribution in [0.3, 0.4) is 0 Å². The van der Waals surface area contributed by atoms with Crippen molar-refractivity contribution in [3.05, 3.63) is 61.9 Å². The Morgan fingerprint density at radius 2 is 1.96 bits per heavy atom. The van der Waals surface area contributed by atoms with Gasteiger partial charge < -0.3 is 9.64 Å². The van der Waals surface area contributed by atoms with Gasteiger partial charge in [0.25, 0.3) is 0 Å². The highest BCUT2D eigenvalue weighted by Gasteiger charge is 2.20. The normalized spacial score (nSPS) is 16.3. The van der Waals surface area contributed by atoms with E-state index in [9.17, 15) is 4.39 Å². The summed E-state index contributed by atoms with van der Waals surface area (Å²) in [6.07, 6.45) is 3.35. The van der Waals surface area contributed by atoms with E-state index in [0.717, 1.165) is 32.3 Å². The summed E-state index contributed by atoms with van der Waals surface area (Å²) in [5.41, 5.74) is 0.995. The number of hydrogen-bond acceptors (Lipinski definition) is 2. The number of nitrogens with zero attached hydrogens (tertiary/aromatic N) is 1. The zero-order valence-corrected chi connectivity index (χ0v) is 17.1. The maximum absolute atomic E-state index is 13.4. The summed E-state index contributed by atoms with van der Waals surface area (Å²) in [5.74, 6) is 0.614. The van der Waals surface area contributed by atoms with E-state index in [4.69, 9.17) is 4.74 Å². The standard InChI is InChI=1S/C19H20BrFINO/c20-18-12-14(21)6-7-17(18)19(8-11-23-9-1-2-10-23)24-16-5-3-4-15(22)13-16/h3-7,12-13,19H,1-2,8-11H2. The third-order valence-corrected chi connectivity index (χ3v) is 5.65. The Labute approximate surface area is 164 Å². The molecule has 0 radical (unpaired) electrons. The van der Waals surface area contributed by atoms with E-state index >= 15 is 0 Å². The lowest BCUT2D eigenvalue weighted by atomic mass is 10.1. The van der Waals surface area contributed by atoms with E-state index in [1.165, 1.54) is 38.1 Å². The average Bonchev–Trinajstić information content (AvgIpc) is 3.05. The van der Waals surface area contributed by atoms with Gasteiger partial charge in [0, 0.05) is 26.6 Å². The fourth-order valence-corrected chi connectivity index (χ4v) is 4.17. The van der Waals surface area contributed by atoms with E-state index in [1.54, 1.807) is 0 Å². The van der Waals surface area contributed by atoms with Gasteiger partial charge in [0.05, 0.1) is 0 Å². The van der Waals surface area contributed by atoms with Gasteiger partial charge in [-0.05, 0) is 78.9 Å².